The van der Waals surface area contributed by atoms with Gasteiger partial charge in [0.2, 0.25) is 12.7 Å². The van der Waals surface area contributed by atoms with E-state index in [-0.39, 0.29) is 30.7 Å². The number of hydrogen-bond acceptors (Lipinski definition) is 8. The summed E-state index contributed by atoms with van der Waals surface area (Å²) in [7, 11) is 0. The van der Waals surface area contributed by atoms with Crippen LogP contribution in [0.15, 0.2) is 35.7 Å². The van der Waals surface area contributed by atoms with Crippen LogP contribution in [0.1, 0.15) is 27.7 Å². The molecule has 4 heterocycles. The molecular formula is C22H27N5O4S. The highest BCUT2D eigenvalue weighted by molar-refractivity contribution is 7.12. The minimum Gasteiger partial charge on any atom is -0.454 e. The molecule has 1 aromatic carbocycles. The predicted octanol–water partition coefficient (Wildman–Crippen LogP) is 0.959. The Morgan fingerprint density at radius 2 is 1.94 bits per heavy atom. The summed E-state index contributed by atoms with van der Waals surface area (Å²) in [5, 5.41) is 4.86. The van der Waals surface area contributed by atoms with Gasteiger partial charge in [0.25, 0.3) is 5.91 Å². The van der Waals surface area contributed by atoms with Crippen LogP contribution < -0.4 is 25.6 Å². The summed E-state index contributed by atoms with van der Waals surface area (Å²) >= 11 is 1.44. The highest BCUT2D eigenvalue weighted by Crippen LogP contribution is 2.35. The molecule has 2 saturated heterocycles. The fourth-order valence-electron chi connectivity index (χ4n) is 4.30. The monoisotopic (exact) mass is 457 g/mol. The third-order valence-corrected chi connectivity index (χ3v) is 7.01. The SMILES string of the molecule is O=C(NCCN1CCN(C(=O)C2CC(c3ccc4c(c3)OCO4)NN2)CC1)c1cccs1. The zero-order chi connectivity index (χ0) is 21.9. The van der Waals surface area contributed by atoms with E-state index in [0.29, 0.717) is 26.1 Å². The zero-order valence-electron chi connectivity index (χ0n) is 17.7. The topological polar surface area (TPSA) is 95.2 Å². The minimum absolute atomic E-state index is 0.0226. The van der Waals surface area contributed by atoms with Crippen molar-refractivity contribution in [1.29, 1.82) is 0 Å². The van der Waals surface area contributed by atoms with Gasteiger partial charge in [0, 0.05) is 45.3 Å². The highest BCUT2D eigenvalue weighted by Gasteiger charge is 2.34. The third kappa shape index (κ3) is 4.58. The van der Waals surface area contributed by atoms with Gasteiger partial charge in [0.05, 0.1) is 4.88 Å². The average molecular weight is 458 g/mol. The molecule has 0 saturated carbocycles. The molecule has 3 N–H and O–H groups in total. The molecular weight excluding hydrogens is 430 g/mol. The summed E-state index contributed by atoms with van der Waals surface area (Å²) in [5.74, 6) is 1.62. The van der Waals surface area contributed by atoms with Crippen molar-refractivity contribution in [2.24, 2.45) is 0 Å². The van der Waals surface area contributed by atoms with Crippen molar-refractivity contribution < 1.29 is 19.1 Å². The van der Waals surface area contributed by atoms with Crippen LogP contribution in [-0.2, 0) is 4.79 Å². The van der Waals surface area contributed by atoms with Gasteiger partial charge in [-0.1, -0.05) is 12.1 Å². The lowest BCUT2D eigenvalue weighted by atomic mass is 10.0. The summed E-state index contributed by atoms with van der Waals surface area (Å²) in [6.07, 6.45) is 0.688. The third-order valence-electron chi connectivity index (χ3n) is 6.14. The van der Waals surface area contributed by atoms with Gasteiger partial charge in [-0.15, -0.1) is 11.3 Å². The number of carbonyl (C=O) groups excluding carboxylic acids is 2. The molecule has 32 heavy (non-hydrogen) atoms. The first-order valence-corrected chi connectivity index (χ1v) is 11.8. The number of nitrogens with one attached hydrogen (secondary N) is 3. The number of ether oxygens (including phenoxy) is 2. The van der Waals surface area contributed by atoms with E-state index in [1.807, 2.05) is 40.6 Å². The molecule has 9 nitrogen and oxygen atoms in total. The van der Waals surface area contributed by atoms with Crippen molar-refractivity contribution >= 4 is 23.2 Å². The van der Waals surface area contributed by atoms with Crippen molar-refractivity contribution in [3.8, 4) is 11.5 Å². The molecule has 1 aromatic heterocycles. The summed E-state index contributed by atoms with van der Waals surface area (Å²) < 4.78 is 10.8. The Labute approximate surface area is 190 Å². The van der Waals surface area contributed by atoms with Gasteiger partial charge in [0.1, 0.15) is 6.04 Å². The number of thiophene rings is 1. The van der Waals surface area contributed by atoms with E-state index in [4.69, 9.17) is 9.47 Å². The molecule has 2 unspecified atom stereocenters. The molecule has 0 aliphatic carbocycles. The van der Waals surface area contributed by atoms with Gasteiger partial charge in [0.15, 0.2) is 11.5 Å². The van der Waals surface area contributed by atoms with Gasteiger partial charge in [-0.2, -0.15) is 0 Å². The fraction of sp³-hybridized carbons (Fsp3) is 0.455. The molecule has 0 radical (unpaired) electrons. The van der Waals surface area contributed by atoms with E-state index in [1.54, 1.807) is 0 Å². The first-order valence-electron chi connectivity index (χ1n) is 10.9. The largest absolute Gasteiger partial charge is 0.454 e. The van der Waals surface area contributed by atoms with Crippen LogP contribution in [-0.4, -0.2) is 73.7 Å². The van der Waals surface area contributed by atoms with Crippen LogP contribution in [0, 0.1) is 0 Å². The van der Waals surface area contributed by atoms with Gasteiger partial charge >= 0.3 is 0 Å². The van der Waals surface area contributed by atoms with Crippen LogP contribution in [0.4, 0.5) is 0 Å². The van der Waals surface area contributed by atoms with Crippen LogP contribution in [0.5, 0.6) is 11.5 Å². The molecule has 170 valence electrons. The summed E-state index contributed by atoms with van der Waals surface area (Å²) in [5.41, 5.74) is 7.49. The number of benzene rings is 1. The van der Waals surface area contributed by atoms with Crippen molar-refractivity contribution in [3.05, 3.63) is 46.2 Å². The minimum atomic E-state index is -0.248. The number of rotatable bonds is 6. The summed E-state index contributed by atoms with van der Waals surface area (Å²) in [4.78, 5) is 30.0. The fourth-order valence-corrected chi connectivity index (χ4v) is 4.94. The number of amides is 2. The standard InChI is InChI=1S/C22H27N5O4S/c28-21(20-2-1-11-32-20)23-5-6-26-7-9-27(10-8-26)22(29)17-13-16(24-25-17)15-3-4-18-19(12-15)31-14-30-18/h1-4,11-12,16-17,24-25H,5-10,13-14H2,(H,23,28). The van der Waals surface area contributed by atoms with Gasteiger partial charge < -0.3 is 19.7 Å². The van der Waals surface area contributed by atoms with E-state index in [9.17, 15) is 9.59 Å². The maximum Gasteiger partial charge on any atom is 0.261 e. The van der Waals surface area contributed by atoms with Gasteiger partial charge in [-0.25, -0.2) is 10.9 Å². The van der Waals surface area contributed by atoms with Crippen LogP contribution in [0.2, 0.25) is 0 Å². The molecule has 2 atom stereocenters. The van der Waals surface area contributed by atoms with Gasteiger partial charge in [-0.3, -0.25) is 14.5 Å². The Balaban J connectivity index is 1.05. The van der Waals surface area contributed by atoms with Crippen molar-refractivity contribution in [2.75, 3.05) is 46.1 Å². The second kappa shape index (κ2) is 9.45. The van der Waals surface area contributed by atoms with E-state index in [0.717, 1.165) is 41.6 Å². The van der Waals surface area contributed by atoms with E-state index >= 15 is 0 Å². The molecule has 2 amide bonds. The lowest BCUT2D eigenvalue weighted by molar-refractivity contribution is -0.134. The quantitative estimate of drug-likeness (QED) is 0.595. The lowest BCUT2D eigenvalue weighted by Gasteiger charge is -2.35. The zero-order valence-corrected chi connectivity index (χ0v) is 18.5. The second-order valence-corrected chi connectivity index (χ2v) is 9.09. The van der Waals surface area contributed by atoms with Crippen LogP contribution in [0.3, 0.4) is 0 Å². The maximum absolute atomic E-state index is 13.0. The van der Waals surface area contributed by atoms with E-state index in [1.165, 1.54) is 11.3 Å². The van der Waals surface area contributed by atoms with E-state index < -0.39 is 0 Å². The van der Waals surface area contributed by atoms with Crippen LogP contribution >= 0.6 is 11.3 Å². The van der Waals surface area contributed by atoms with Crippen molar-refractivity contribution in [1.82, 2.24) is 26.0 Å². The summed E-state index contributed by atoms with van der Waals surface area (Å²) in [6.45, 7) is 4.67. The number of fused-ring (bicyclic) bond motifs is 1. The Hall–Kier alpha value is -2.66. The molecule has 5 rings (SSSR count). The molecule has 10 heteroatoms. The number of hydrogen-bond donors (Lipinski definition) is 3. The molecule has 3 aliphatic heterocycles. The molecule has 0 spiro atoms. The Morgan fingerprint density at radius 1 is 1.09 bits per heavy atom. The number of hydrazine groups is 1. The maximum atomic E-state index is 13.0. The molecule has 3 aliphatic rings. The molecule has 2 aromatic rings. The average Bonchev–Trinajstić information content (AvgIpc) is 3.60. The lowest BCUT2D eigenvalue weighted by Crippen LogP contribution is -2.54. The van der Waals surface area contributed by atoms with Gasteiger partial charge in [-0.05, 0) is 35.6 Å². The molecule has 2 fully saturated rings. The predicted molar refractivity (Wildman–Crippen MR) is 120 cm³/mol. The molecule has 0 bridgehead atoms. The first-order chi connectivity index (χ1) is 15.7. The van der Waals surface area contributed by atoms with Crippen molar-refractivity contribution in [2.45, 2.75) is 18.5 Å². The Kier molecular flexibility index (Phi) is 6.26. The smallest absolute Gasteiger partial charge is 0.261 e. The Morgan fingerprint density at radius 3 is 2.75 bits per heavy atom. The van der Waals surface area contributed by atoms with Crippen LogP contribution in [0.25, 0.3) is 0 Å². The van der Waals surface area contributed by atoms with E-state index in [2.05, 4.69) is 21.1 Å². The highest BCUT2D eigenvalue weighted by atomic mass is 32.1. The first kappa shape index (κ1) is 21.2. The number of carbonyl (C=O) groups is 2. The van der Waals surface area contributed by atoms with Crippen molar-refractivity contribution in [3.63, 3.8) is 0 Å². The number of nitrogens with zero attached hydrogens (tertiary/aromatic N) is 2. The second-order valence-electron chi connectivity index (χ2n) is 8.14. The number of piperazine rings is 1. The summed E-state index contributed by atoms with van der Waals surface area (Å²) in [6, 6.07) is 9.40. The normalized spacial score (nSPS) is 22.8. The Bertz CT molecular complexity index is 961.